The van der Waals surface area contributed by atoms with Gasteiger partial charge in [-0.15, -0.1) is 0 Å². The molecule has 4 heteroatoms. The van der Waals surface area contributed by atoms with Crippen LogP contribution in [0.3, 0.4) is 0 Å². The van der Waals surface area contributed by atoms with Gasteiger partial charge in [-0.25, -0.2) is 0 Å². The van der Waals surface area contributed by atoms with E-state index in [0.717, 1.165) is 25.9 Å². The first kappa shape index (κ1) is 14.6. The summed E-state index contributed by atoms with van der Waals surface area (Å²) in [6.07, 6.45) is 2.60. The average Bonchev–Trinajstić information content (AvgIpc) is 2.20. The maximum absolute atomic E-state index is 10.7. The molecule has 0 aliphatic carbocycles. The van der Waals surface area contributed by atoms with Gasteiger partial charge >= 0.3 is 0 Å². The summed E-state index contributed by atoms with van der Waals surface area (Å²) in [5, 5.41) is 8.84. The fraction of sp³-hybridized carbons (Fsp3) is 0.909. The van der Waals surface area contributed by atoms with Crippen LogP contribution in [0.25, 0.3) is 0 Å². The molecular formula is C11H23NO3. The zero-order chi connectivity index (χ0) is 11.5. The molecule has 0 aromatic carbocycles. The number of ether oxygens (including phenoxy) is 1. The lowest BCUT2D eigenvalue weighted by Crippen LogP contribution is -2.31. The van der Waals surface area contributed by atoms with Gasteiger partial charge in [0, 0.05) is 26.6 Å². The Morgan fingerprint density at radius 1 is 1.27 bits per heavy atom. The van der Waals surface area contributed by atoms with Crippen LogP contribution < -0.4 is 0 Å². The maximum atomic E-state index is 10.7. The Morgan fingerprint density at radius 3 is 2.53 bits per heavy atom. The van der Waals surface area contributed by atoms with Crippen molar-refractivity contribution < 1.29 is 14.6 Å². The van der Waals surface area contributed by atoms with E-state index in [1.807, 2.05) is 0 Å². The van der Waals surface area contributed by atoms with Crippen LogP contribution in [0.2, 0.25) is 0 Å². The molecule has 0 fully saturated rings. The van der Waals surface area contributed by atoms with E-state index < -0.39 is 0 Å². The normalized spacial score (nSPS) is 10.9. The van der Waals surface area contributed by atoms with Crippen molar-refractivity contribution in [3.8, 4) is 0 Å². The molecule has 15 heavy (non-hydrogen) atoms. The molecule has 0 saturated carbocycles. The molecule has 0 aromatic heterocycles. The molecule has 0 unspecified atom stereocenters. The van der Waals surface area contributed by atoms with E-state index in [4.69, 9.17) is 9.84 Å². The maximum Gasteiger partial charge on any atom is 0.129 e. The lowest BCUT2D eigenvalue weighted by atomic mass is 10.2. The van der Waals surface area contributed by atoms with Crippen molar-refractivity contribution >= 4 is 5.78 Å². The van der Waals surface area contributed by atoms with E-state index >= 15 is 0 Å². The third-order valence-electron chi connectivity index (χ3n) is 2.28. The molecule has 0 saturated heterocycles. The highest BCUT2D eigenvalue weighted by Crippen LogP contribution is 1.99. The average molecular weight is 217 g/mol. The Balaban J connectivity index is 3.51. The number of aliphatic hydroxyl groups is 1. The molecule has 0 radical (unpaired) electrons. The van der Waals surface area contributed by atoms with Crippen molar-refractivity contribution in [2.45, 2.75) is 26.2 Å². The zero-order valence-corrected chi connectivity index (χ0v) is 9.87. The van der Waals surface area contributed by atoms with Crippen LogP contribution in [0.1, 0.15) is 26.2 Å². The second kappa shape index (κ2) is 10.1. The summed E-state index contributed by atoms with van der Waals surface area (Å²) < 4.78 is 4.99. The summed E-state index contributed by atoms with van der Waals surface area (Å²) in [6.45, 7) is 4.94. The molecule has 0 amide bonds. The molecule has 0 bridgehead atoms. The van der Waals surface area contributed by atoms with Crippen molar-refractivity contribution in [2.24, 2.45) is 0 Å². The molecule has 0 heterocycles. The standard InChI is InChI=1S/C11H23NO3/c1-11(14)5-3-4-6-12(7-9-13)8-10-15-2/h13H,3-10H2,1-2H3. The number of unbranched alkanes of at least 4 members (excludes halogenated alkanes) is 1. The van der Waals surface area contributed by atoms with E-state index in [2.05, 4.69) is 4.90 Å². The lowest BCUT2D eigenvalue weighted by Gasteiger charge is -2.20. The van der Waals surface area contributed by atoms with Crippen molar-refractivity contribution in [1.82, 2.24) is 4.90 Å². The molecule has 0 aliphatic heterocycles. The largest absolute Gasteiger partial charge is 0.395 e. The number of Topliss-reactive ketones (excluding diaryl/α,β-unsaturated/α-hetero) is 1. The second-order valence-electron chi connectivity index (χ2n) is 3.72. The summed E-state index contributed by atoms with van der Waals surface area (Å²) in [5.74, 6) is 0.251. The summed E-state index contributed by atoms with van der Waals surface area (Å²) in [4.78, 5) is 12.9. The number of carbonyl (C=O) groups is 1. The van der Waals surface area contributed by atoms with Crippen molar-refractivity contribution in [1.29, 1.82) is 0 Å². The van der Waals surface area contributed by atoms with Crippen LogP contribution in [-0.2, 0) is 9.53 Å². The number of hydrogen-bond acceptors (Lipinski definition) is 4. The predicted octanol–water partition coefficient (Wildman–Crippen LogP) is 0.686. The van der Waals surface area contributed by atoms with Gasteiger partial charge in [0.15, 0.2) is 0 Å². The van der Waals surface area contributed by atoms with Crippen LogP contribution >= 0.6 is 0 Å². The van der Waals surface area contributed by atoms with Crippen LogP contribution in [0.5, 0.6) is 0 Å². The molecule has 0 spiro atoms. The monoisotopic (exact) mass is 217 g/mol. The van der Waals surface area contributed by atoms with Gasteiger partial charge in [-0.2, -0.15) is 0 Å². The van der Waals surface area contributed by atoms with Gasteiger partial charge in [-0.05, 0) is 26.3 Å². The first-order valence-electron chi connectivity index (χ1n) is 5.52. The van der Waals surface area contributed by atoms with E-state index in [1.165, 1.54) is 0 Å². The number of ketones is 1. The highest BCUT2D eigenvalue weighted by molar-refractivity contribution is 5.75. The van der Waals surface area contributed by atoms with E-state index in [0.29, 0.717) is 19.6 Å². The smallest absolute Gasteiger partial charge is 0.129 e. The van der Waals surface area contributed by atoms with Gasteiger partial charge in [0.2, 0.25) is 0 Å². The quantitative estimate of drug-likeness (QED) is 0.547. The molecule has 0 aliphatic rings. The summed E-state index contributed by atoms with van der Waals surface area (Å²) in [6, 6.07) is 0. The van der Waals surface area contributed by atoms with Crippen molar-refractivity contribution in [3.63, 3.8) is 0 Å². The Morgan fingerprint density at radius 2 is 2.00 bits per heavy atom. The van der Waals surface area contributed by atoms with E-state index in [-0.39, 0.29) is 12.4 Å². The topological polar surface area (TPSA) is 49.8 Å². The van der Waals surface area contributed by atoms with Crippen molar-refractivity contribution in [3.05, 3.63) is 0 Å². The SMILES string of the molecule is COCCN(CCO)CCCCC(C)=O. The van der Waals surface area contributed by atoms with Gasteiger partial charge in [0.25, 0.3) is 0 Å². The third kappa shape index (κ3) is 9.85. The Kier molecular flexibility index (Phi) is 9.78. The number of rotatable bonds is 10. The molecule has 1 N–H and O–H groups in total. The third-order valence-corrected chi connectivity index (χ3v) is 2.28. The van der Waals surface area contributed by atoms with Crippen LogP contribution in [0, 0.1) is 0 Å². The number of aliphatic hydroxyl groups excluding tert-OH is 1. The van der Waals surface area contributed by atoms with Gasteiger partial charge in [-0.1, -0.05) is 0 Å². The molecule has 0 aromatic rings. The number of nitrogens with zero attached hydrogens (tertiary/aromatic N) is 1. The van der Waals surface area contributed by atoms with Gasteiger partial charge < -0.3 is 14.6 Å². The molecule has 0 rings (SSSR count). The Labute approximate surface area is 92.2 Å². The van der Waals surface area contributed by atoms with Gasteiger partial charge in [0.1, 0.15) is 5.78 Å². The van der Waals surface area contributed by atoms with Crippen LogP contribution in [0.15, 0.2) is 0 Å². The first-order valence-corrected chi connectivity index (χ1v) is 5.52. The highest BCUT2D eigenvalue weighted by atomic mass is 16.5. The number of methoxy groups -OCH3 is 1. The van der Waals surface area contributed by atoms with Crippen molar-refractivity contribution in [2.75, 3.05) is 40.0 Å². The summed E-state index contributed by atoms with van der Waals surface area (Å²) >= 11 is 0. The lowest BCUT2D eigenvalue weighted by molar-refractivity contribution is -0.117. The second-order valence-corrected chi connectivity index (χ2v) is 3.72. The minimum Gasteiger partial charge on any atom is -0.395 e. The summed E-state index contributed by atoms with van der Waals surface area (Å²) in [7, 11) is 1.67. The fourth-order valence-electron chi connectivity index (χ4n) is 1.41. The molecular weight excluding hydrogens is 194 g/mol. The van der Waals surface area contributed by atoms with Gasteiger partial charge in [0.05, 0.1) is 13.2 Å². The predicted molar refractivity (Wildman–Crippen MR) is 59.9 cm³/mol. The summed E-state index contributed by atoms with van der Waals surface area (Å²) in [5.41, 5.74) is 0. The van der Waals surface area contributed by atoms with E-state index in [9.17, 15) is 4.79 Å². The van der Waals surface area contributed by atoms with Gasteiger partial charge in [-0.3, -0.25) is 4.90 Å². The Hall–Kier alpha value is -0.450. The molecule has 4 nitrogen and oxygen atoms in total. The highest BCUT2D eigenvalue weighted by Gasteiger charge is 2.03. The van der Waals surface area contributed by atoms with Crippen LogP contribution in [-0.4, -0.2) is 55.7 Å². The zero-order valence-electron chi connectivity index (χ0n) is 9.87. The minimum absolute atomic E-state index is 0.177. The first-order chi connectivity index (χ1) is 7.20. The minimum atomic E-state index is 0.177. The fourth-order valence-corrected chi connectivity index (χ4v) is 1.41. The molecule has 0 atom stereocenters. The Bertz CT molecular complexity index is 162. The van der Waals surface area contributed by atoms with Crippen LogP contribution in [0.4, 0.5) is 0 Å². The van der Waals surface area contributed by atoms with E-state index in [1.54, 1.807) is 14.0 Å². The molecule has 90 valence electrons. The number of hydrogen-bond donors (Lipinski definition) is 1. The number of carbonyl (C=O) groups excluding carboxylic acids is 1.